The highest BCUT2D eigenvalue weighted by atomic mass is 127. The van der Waals surface area contributed by atoms with Gasteiger partial charge in [-0.15, -0.1) is 0 Å². The number of ether oxygens (including phenoxy) is 4. The number of rotatable bonds is 10. The molecule has 0 radical (unpaired) electrons. The highest BCUT2D eigenvalue weighted by molar-refractivity contribution is 14.1. The Morgan fingerprint density at radius 1 is 0.977 bits per heavy atom. The topological polar surface area (TPSA) is 88.4 Å². The summed E-state index contributed by atoms with van der Waals surface area (Å²) in [5, 5.41) is 0. The van der Waals surface area contributed by atoms with E-state index in [0.717, 1.165) is 24.0 Å². The highest BCUT2D eigenvalue weighted by Gasteiger charge is 2.33. The normalized spacial score (nSPS) is 14.6. The van der Waals surface area contributed by atoms with Crippen molar-refractivity contribution in [2.24, 2.45) is 4.99 Å². The van der Waals surface area contributed by atoms with Crippen LogP contribution in [-0.2, 0) is 11.4 Å². The number of carbonyl (C=O) groups is 1. The van der Waals surface area contributed by atoms with E-state index in [2.05, 4.69) is 45.2 Å². The van der Waals surface area contributed by atoms with Gasteiger partial charge in [-0.05, 0) is 99.1 Å². The lowest BCUT2D eigenvalue weighted by molar-refractivity contribution is -0.115. The predicted octanol–water partition coefficient (Wildman–Crippen LogP) is 6.03. The first-order chi connectivity index (χ1) is 21.2. The number of Topliss-reactive ketones (excluding diaryl/α,β-unsaturated/α-hetero) is 1. The van der Waals surface area contributed by atoms with Gasteiger partial charge in [0.05, 0.1) is 39.0 Å². The number of hydrogen-bond acceptors (Lipinski definition) is 8. The third-order valence-corrected chi connectivity index (χ3v) is 9.78. The molecule has 1 atom stereocenters. The Bertz CT molecular complexity index is 1900. The fourth-order valence-electron chi connectivity index (χ4n) is 5.12. The van der Waals surface area contributed by atoms with Crippen molar-refractivity contribution < 1.29 is 23.7 Å². The molecule has 228 valence electrons. The van der Waals surface area contributed by atoms with E-state index in [9.17, 15) is 9.59 Å². The summed E-state index contributed by atoms with van der Waals surface area (Å²) >= 11 is 5.82. The molecule has 0 saturated heterocycles. The zero-order valence-corrected chi connectivity index (χ0v) is 29.9. The minimum atomic E-state index is -0.719. The summed E-state index contributed by atoms with van der Waals surface area (Å²) in [5.41, 5.74) is 3.40. The number of ketones is 1. The van der Waals surface area contributed by atoms with E-state index < -0.39 is 6.04 Å². The Morgan fingerprint density at radius 2 is 1.61 bits per heavy atom. The first-order valence-corrected chi connectivity index (χ1v) is 16.7. The fraction of sp³-hybridized carbons (Fsp3) is 0.242. The molecule has 0 saturated carbocycles. The molecule has 0 spiro atoms. The second-order valence-electron chi connectivity index (χ2n) is 9.91. The van der Waals surface area contributed by atoms with E-state index in [1.807, 2.05) is 55.5 Å². The van der Waals surface area contributed by atoms with Gasteiger partial charge in [0.15, 0.2) is 22.1 Å². The van der Waals surface area contributed by atoms with Gasteiger partial charge in [0.2, 0.25) is 5.75 Å². The molecule has 5 rings (SSSR count). The Balaban J connectivity index is 1.62. The summed E-state index contributed by atoms with van der Waals surface area (Å²) in [6.45, 7) is 4.07. The van der Waals surface area contributed by atoms with Gasteiger partial charge in [0.25, 0.3) is 5.56 Å². The quantitative estimate of drug-likeness (QED) is 0.182. The SMILES string of the molecule is CCC(=O)C1=C(C)N=c2s/c(=C\c3cc(I)c(OCc4ccccc4)c(I)c3)c(=O)n2C1c1cc(OC)c(OC)c(OC)c1. The third kappa shape index (κ3) is 6.31. The number of allylic oxidation sites excluding steroid dienone is 2. The van der Waals surface area contributed by atoms with Crippen molar-refractivity contribution in [1.82, 2.24) is 4.57 Å². The van der Waals surface area contributed by atoms with E-state index in [-0.39, 0.29) is 17.8 Å². The molecule has 1 aliphatic rings. The molecule has 0 fully saturated rings. The number of fused-ring (bicyclic) bond motifs is 1. The van der Waals surface area contributed by atoms with Crippen molar-refractivity contribution in [1.29, 1.82) is 0 Å². The van der Waals surface area contributed by atoms with Crippen LogP contribution in [0.15, 0.2) is 75.7 Å². The van der Waals surface area contributed by atoms with Gasteiger partial charge >= 0.3 is 0 Å². The van der Waals surface area contributed by atoms with Crippen LogP contribution in [0.25, 0.3) is 6.08 Å². The van der Waals surface area contributed by atoms with E-state index in [1.165, 1.54) is 32.7 Å². The van der Waals surface area contributed by atoms with Crippen LogP contribution in [0.5, 0.6) is 23.0 Å². The maximum Gasteiger partial charge on any atom is 0.271 e. The lowest BCUT2D eigenvalue weighted by Gasteiger charge is -2.26. The van der Waals surface area contributed by atoms with Crippen LogP contribution < -0.4 is 33.8 Å². The minimum absolute atomic E-state index is 0.0884. The van der Waals surface area contributed by atoms with Crippen molar-refractivity contribution in [3.63, 3.8) is 0 Å². The standard InChI is InChI=1S/C33H30I2N2O6S/c1-6-24(38)28-18(2)36-33-37(29(28)21-15-25(40-3)31(42-5)26(16-21)41-4)32(39)27(44-33)14-20-12-22(34)30(23(35)13-20)43-17-19-10-8-7-9-11-19/h7-16,29H,6,17H2,1-5H3/b27-14-. The van der Waals surface area contributed by atoms with Gasteiger partial charge in [-0.1, -0.05) is 48.6 Å². The largest absolute Gasteiger partial charge is 0.493 e. The molecule has 0 bridgehead atoms. The molecule has 2 heterocycles. The average Bonchev–Trinajstić information content (AvgIpc) is 3.32. The number of aromatic nitrogens is 1. The van der Waals surface area contributed by atoms with E-state index in [1.54, 1.807) is 23.6 Å². The molecule has 0 N–H and O–H groups in total. The van der Waals surface area contributed by atoms with Gasteiger partial charge in [-0.25, -0.2) is 4.99 Å². The molecule has 1 aromatic heterocycles. The van der Waals surface area contributed by atoms with Crippen LogP contribution in [0.3, 0.4) is 0 Å². The summed E-state index contributed by atoms with van der Waals surface area (Å²) in [7, 11) is 4.60. The predicted molar refractivity (Wildman–Crippen MR) is 188 cm³/mol. The second kappa shape index (κ2) is 13.9. The van der Waals surface area contributed by atoms with E-state index >= 15 is 0 Å². The van der Waals surface area contributed by atoms with Crippen LogP contribution in [0, 0.1) is 7.14 Å². The number of halogens is 2. The highest BCUT2D eigenvalue weighted by Crippen LogP contribution is 2.42. The maximum absolute atomic E-state index is 14.1. The fourth-order valence-corrected chi connectivity index (χ4v) is 8.30. The second-order valence-corrected chi connectivity index (χ2v) is 13.2. The molecule has 4 aromatic rings. The lowest BCUT2D eigenvalue weighted by Crippen LogP contribution is -2.39. The number of nitrogens with zero attached hydrogens (tertiary/aromatic N) is 2. The molecular weight excluding hydrogens is 806 g/mol. The van der Waals surface area contributed by atoms with Crippen molar-refractivity contribution in [3.8, 4) is 23.0 Å². The molecule has 1 aliphatic heterocycles. The van der Waals surface area contributed by atoms with Crippen LogP contribution in [0.4, 0.5) is 0 Å². The van der Waals surface area contributed by atoms with Gasteiger partial charge < -0.3 is 18.9 Å². The van der Waals surface area contributed by atoms with Gasteiger partial charge in [0.1, 0.15) is 12.4 Å². The van der Waals surface area contributed by atoms with E-state index in [4.69, 9.17) is 23.9 Å². The van der Waals surface area contributed by atoms with Crippen LogP contribution >= 0.6 is 56.5 Å². The van der Waals surface area contributed by atoms with Crippen LogP contribution in [-0.4, -0.2) is 31.7 Å². The molecule has 0 amide bonds. The van der Waals surface area contributed by atoms with Crippen LogP contribution in [0.2, 0.25) is 0 Å². The maximum atomic E-state index is 14.1. The van der Waals surface area contributed by atoms with Gasteiger partial charge in [0, 0.05) is 17.7 Å². The zero-order chi connectivity index (χ0) is 31.5. The first kappa shape index (κ1) is 32.2. The Kier molecular flexibility index (Phi) is 10.2. The van der Waals surface area contributed by atoms with E-state index in [0.29, 0.717) is 50.0 Å². The first-order valence-electron chi connectivity index (χ1n) is 13.7. The van der Waals surface area contributed by atoms with Crippen molar-refractivity contribution in [2.45, 2.75) is 32.9 Å². The van der Waals surface area contributed by atoms with Gasteiger partial charge in [-0.2, -0.15) is 0 Å². The number of thiazole rings is 1. The van der Waals surface area contributed by atoms with Crippen molar-refractivity contribution >= 4 is 68.4 Å². The molecule has 11 heteroatoms. The monoisotopic (exact) mass is 836 g/mol. The molecule has 1 unspecified atom stereocenters. The van der Waals surface area contributed by atoms with Crippen LogP contribution in [0.1, 0.15) is 43.0 Å². The summed E-state index contributed by atoms with van der Waals surface area (Å²) in [5.74, 6) is 2.00. The molecule has 44 heavy (non-hydrogen) atoms. The summed E-state index contributed by atoms with van der Waals surface area (Å²) in [6, 6.07) is 16.8. The Hall–Kier alpha value is -3.17. The van der Waals surface area contributed by atoms with Crippen molar-refractivity contribution in [2.75, 3.05) is 21.3 Å². The Labute approximate surface area is 286 Å². The number of benzene rings is 3. The Morgan fingerprint density at radius 3 is 2.18 bits per heavy atom. The number of carbonyl (C=O) groups excluding carboxylic acids is 1. The number of hydrogen-bond donors (Lipinski definition) is 0. The van der Waals surface area contributed by atoms with Crippen molar-refractivity contribution in [3.05, 3.63) is 109 Å². The molecule has 0 aliphatic carbocycles. The smallest absolute Gasteiger partial charge is 0.271 e. The van der Waals surface area contributed by atoms with Gasteiger partial charge in [-0.3, -0.25) is 14.2 Å². The molecule has 3 aromatic carbocycles. The summed E-state index contributed by atoms with van der Waals surface area (Å²) in [4.78, 5) is 32.7. The lowest BCUT2D eigenvalue weighted by atomic mass is 9.91. The molecular formula is C33H30I2N2O6S. The number of methoxy groups -OCH3 is 3. The molecule has 8 nitrogen and oxygen atoms in total. The third-order valence-electron chi connectivity index (χ3n) is 7.19. The average molecular weight is 836 g/mol. The summed E-state index contributed by atoms with van der Waals surface area (Å²) < 4.78 is 26.8. The zero-order valence-electron chi connectivity index (χ0n) is 24.8. The summed E-state index contributed by atoms with van der Waals surface area (Å²) in [6.07, 6.45) is 2.13. The minimum Gasteiger partial charge on any atom is -0.493 e.